The van der Waals surface area contributed by atoms with E-state index in [1.54, 1.807) is 0 Å². The average molecular weight is 275 g/mol. The maximum absolute atomic E-state index is 12.0. The summed E-state index contributed by atoms with van der Waals surface area (Å²) in [6, 6.07) is 2.20. The van der Waals surface area contributed by atoms with Gasteiger partial charge in [-0.15, -0.1) is 12.4 Å². The van der Waals surface area contributed by atoms with Gasteiger partial charge in [-0.1, -0.05) is 23.2 Å². The van der Waals surface area contributed by atoms with E-state index >= 15 is 0 Å². The van der Waals surface area contributed by atoms with Crippen LogP contribution in [0.2, 0.25) is 10.0 Å². The molecule has 1 rings (SSSR count). The highest BCUT2D eigenvalue weighted by molar-refractivity contribution is 6.35. The van der Waals surface area contributed by atoms with E-state index in [-0.39, 0.29) is 29.6 Å². The van der Waals surface area contributed by atoms with Crippen LogP contribution in [0.25, 0.3) is 0 Å². The third-order valence-corrected chi connectivity index (χ3v) is 2.39. The molecule has 2 nitrogen and oxygen atoms in total. The summed E-state index contributed by atoms with van der Waals surface area (Å²) in [6.45, 7) is -0.556. The van der Waals surface area contributed by atoms with Crippen molar-refractivity contribution in [2.45, 2.75) is 12.5 Å². The van der Waals surface area contributed by atoms with E-state index in [9.17, 15) is 9.50 Å². The lowest BCUT2D eigenvalue weighted by Gasteiger charge is -2.13. The quantitative estimate of drug-likeness (QED) is 0.886. The molecule has 0 spiro atoms. The number of halogens is 4. The second-order valence-corrected chi connectivity index (χ2v) is 3.75. The second kappa shape index (κ2) is 6.38. The normalized spacial score (nSPS) is 12.0. The Morgan fingerprint density at radius 3 is 2.47 bits per heavy atom. The molecule has 15 heavy (non-hydrogen) atoms. The van der Waals surface area contributed by atoms with Gasteiger partial charge in [-0.25, -0.2) is 0 Å². The zero-order valence-corrected chi connectivity index (χ0v) is 10.0. The number of hydrogen-bond donors (Lipinski definition) is 2. The van der Waals surface area contributed by atoms with Gasteiger partial charge in [-0.2, -0.15) is 0 Å². The highest BCUT2D eigenvalue weighted by Crippen LogP contribution is 2.34. The Balaban J connectivity index is 0.00000196. The fourth-order valence-electron chi connectivity index (χ4n) is 1.20. The average Bonchev–Trinajstić information content (AvgIpc) is 2.01. The molecule has 6 heteroatoms. The highest BCUT2D eigenvalue weighted by atomic mass is 35.5. The van der Waals surface area contributed by atoms with Gasteiger partial charge in [0.2, 0.25) is 0 Å². The summed E-state index contributed by atoms with van der Waals surface area (Å²) in [6.07, 6.45) is 0.120. The number of hydrogen-bond acceptors (Lipinski definition) is 2. The van der Waals surface area contributed by atoms with Gasteiger partial charge in [0.05, 0.1) is 11.7 Å². The maximum Gasteiger partial charge on any atom is 0.123 e. The van der Waals surface area contributed by atoms with Gasteiger partial charge in [-0.3, -0.25) is 4.39 Å². The van der Waals surface area contributed by atoms with Gasteiger partial charge in [0.15, 0.2) is 0 Å². The van der Waals surface area contributed by atoms with Gasteiger partial charge < -0.3 is 10.8 Å². The molecule has 86 valence electrons. The van der Waals surface area contributed by atoms with Crippen molar-refractivity contribution in [3.05, 3.63) is 27.7 Å². The first-order valence-corrected chi connectivity index (χ1v) is 4.81. The van der Waals surface area contributed by atoms with E-state index in [1.165, 1.54) is 12.1 Å². The summed E-state index contributed by atoms with van der Waals surface area (Å²) in [5.74, 6) is -0.0940. The van der Waals surface area contributed by atoms with Crippen LogP contribution in [-0.2, 0) is 0 Å². The standard InChI is InChI=1S/C9H10Cl2FNO.ClH/c10-5-3-6(11)9(8(14)4-5)7(13)1-2-12;/h3-4,7,14H,1-2,13H2;1H/t7-;/m0./s1. The highest BCUT2D eigenvalue weighted by Gasteiger charge is 2.15. The first-order chi connectivity index (χ1) is 6.56. The van der Waals surface area contributed by atoms with Crippen LogP contribution >= 0.6 is 35.6 Å². The summed E-state index contributed by atoms with van der Waals surface area (Å²) < 4.78 is 12.0. The van der Waals surface area contributed by atoms with E-state index in [0.717, 1.165) is 0 Å². The molecule has 1 atom stereocenters. The maximum atomic E-state index is 12.0. The number of aromatic hydroxyl groups is 1. The summed E-state index contributed by atoms with van der Waals surface area (Å²) in [5.41, 5.74) is 5.97. The number of benzene rings is 1. The zero-order chi connectivity index (χ0) is 10.7. The summed E-state index contributed by atoms with van der Waals surface area (Å²) in [4.78, 5) is 0. The number of rotatable bonds is 3. The molecule has 0 aliphatic rings. The lowest BCUT2D eigenvalue weighted by Crippen LogP contribution is -2.11. The Morgan fingerprint density at radius 1 is 1.40 bits per heavy atom. The van der Waals surface area contributed by atoms with E-state index in [4.69, 9.17) is 28.9 Å². The SMILES string of the molecule is Cl.N[C@@H](CCF)c1c(O)cc(Cl)cc1Cl. The van der Waals surface area contributed by atoms with Crippen LogP contribution in [0.15, 0.2) is 12.1 Å². The van der Waals surface area contributed by atoms with Crippen molar-refractivity contribution >= 4 is 35.6 Å². The van der Waals surface area contributed by atoms with E-state index in [0.29, 0.717) is 10.6 Å². The number of phenols is 1. The van der Waals surface area contributed by atoms with Gasteiger partial charge in [0.1, 0.15) is 5.75 Å². The first kappa shape index (κ1) is 14.8. The van der Waals surface area contributed by atoms with Crippen LogP contribution < -0.4 is 5.73 Å². The molecule has 0 radical (unpaired) electrons. The van der Waals surface area contributed by atoms with Gasteiger partial charge in [0, 0.05) is 16.6 Å². The largest absolute Gasteiger partial charge is 0.508 e. The Morgan fingerprint density at radius 2 is 2.00 bits per heavy atom. The third kappa shape index (κ3) is 3.68. The fraction of sp³-hybridized carbons (Fsp3) is 0.333. The molecular formula is C9H11Cl3FNO. The van der Waals surface area contributed by atoms with Gasteiger partial charge in [-0.05, 0) is 18.6 Å². The van der Waals surface area contributed by atoms with Crippen LogP contribution in [0.5, 0.6) is 5.75 Å². The molecule has 0 aliphatic heterocycles. The minimum Gasteiger partial charge on any atom is -0.508 e. The second-order valence-electron chi connectivity index (χ2n) is 2.90. The van der Waals surface area contributed by atoms with Crippen LogP contribution in [-0.4, -0.2) is 11.8 Å². The Kier molecular flexibility index (Phi) is 6.29. The molecule has 0 unspecified atom stereocenters. The topological polar surface area (TPSA) is 46.2 Å². The molecule has 0 aliphatic carbocycles. The molecule has 0 amide bonds. The van der Waals surface area contributed by atoms with Crippen molar-refractivity contribution in [2.24, 2.45) is 5.73 Å². The smallest absolute Gasteiger partial charge is 0.123 e. The van der Waals surface area contributed by atoms with Gasteiger partial charge >= 0.3 is 0 Å². The van der Waals surface area contributed by atoms with Crippen molar-refractivity contribution in [3.63, 3.8) is 0 Å². The van der Waals surface area contributed by atoms with E-state index < -0.39 is 12.7 Å². The minimum atomic E-state index is -0.607. The summed E-state index contributed by atoms with van der Waals surface area (Å²) >= 11 is 11.5. The van der Waals surface area contributed by atoms with Crippen molar-refractivity contribution in [1.29, 1.82) is 0 Å². The third-order valence-electron chi connectivity index (χ3n) is 1.86. The Hall–Kier alpha value is -0.220. The first-order valence-electron chi connectivity index (χ1n) is 4.05. The molecule has 1 aromatic rings. The number of nitrogens with two attached hydrogens (primary N) is 1. The van der Waals surface area contributed by atoms with Crippen molar-refractivity contribution in [2.75, 3.05) is 6.67 Å². The van der Waals surface area contributed by atoms with Crippen molar-refractivity contribution in [3.8, 4) is 5.75 Å². The Labute approximate surface area is 104 Å². The fourth-order valence-corrected chi connectivity index (χ4v) is 1.82. The molecule has 1 aromatic carbocycles. The van der Waals surface area contributed by atoms with Crippen LogP contribution in [0.1, 0.15) is 18.0 Å². The zero-order valence-electron chi connectivity index (χ0n) is 7.71. The summed E-state index contributed by atoms with van der Waals surface area (Å²) in [5, 5.41) is 10.1. The van der Waals surface area contributed by atoms with Crippen molar-refractivity contribution in [1.82, 2.24) is 0 Å². The summed E-state index contributed by atoms with van der Waals surface area (Å²) in [7, 11) is 0. The van der Waals surface area contributed by atoms with E-state index in [2.05, 4.69) is 0 Å². The van der Waals surface area contributed by atoms with Crippen LogP contribution in [0, 0.1) is 0 Å². The Bertz CT molecular complexity index is 312. The van der Waals surface area contributed by atoms with Gasteiger partial charge in [0.25, 0.3) is 0 Å². The monoisotopic (exact) mass is 273 g/mol. The molecule has 0 saturated heterocycles. The van der Waals surface area contributed by atoms with Crippen LogP contribution in [0.4, 0.5) is 4.39 Å². The molecule has 0 heterocycles. The molecule has 3 N–H and O–H groups in total. The molecular weight excluding hydrogens is 263 g/mol. The predicted octanol–water partition coefficient (Wildman–Crippen LogP) is 3.48. The number of phenolic OH excluding ortho intramolecular Hbond substituents is 1. The minimum absolute atomic E-state index is 0. The van der Waals surface area contributed by atoms with Crippen molar-refractivity contribution < 1.29 is 9.50 Å². The van der Waals surface area contributed by atoms with Crippen LogP contribution in [0.3, 0.4) is 0 Å². The molecule has 0 aromatic heterocycles. The molecule has 0 bridgehead atoms. The number of alkyl halides is 1. The van der Waals surface area contributed by atoms with E-state index in [1.807, 2.05) is 0 Å². The lowest BCUT2D eigenvalue weighted by molar-refractivity contribution is 0.424. The molecule has 0 saturated carbocycles. The predicted molar refractivity (Wildman–Crippen MR) is 62.9 cm³/mol. The lowest BCUT2D eigenvalue weighted by atomic mass is 10.0. The molecule has 0 fully saturated rings.